The van der Waals surface area contributed by atoms with E-state index in [1.165, 1.54) is 11.1 Å². The van der Waals surface area contributed by atoms with Crippen molar-refractivity contribution in [1.82, 2.24) is 4.90 Å². The highest BCUT2D eigenvalue weighted by molar-refractivity contribution is 6.19. The highest BCUT2D eigenvalue weighted by atomic mass is 35.5. The number of nitrogens with zero attached hydrogens (tertiary/aromatic N) is 1. The fourth-order valence-electron chi connectivity index (χ4n) is 1.75. The van der Waals surface area contributed by atoms with E-state index in [9.17, 15) is 4.79 Å². The van der Waals surface area contributed by atoms with E-state index in [2.05, 4.69) is 19.1 Å². The molecule has 0 radical (unpaired) electrons. The summed E-state index contributed by atoms with van der Waals surface area (Å²) in [5.41, 5.74) is 2.39. The Morgan fingerprint density at radius 3 is 2.71 bits per heavy atom. The quantitative estimate of drug-likeness (QED) is 0.738. The third-order valence-corrected chi connectivity index (χ3v) is 3.27. The summed E-state index contributed by atoms with van der Waals surface area (Å²) in [5.74, 6) is 0.397. The fourth-order valence-corrected chi connectivity index (χ4v) is 1.89. The highest BCUT2D eigenvalue weighted by Crippen LogP contribution is 2.11. The van der Waals surface area contributed by atoms with Crippen LogP contribution in [0, 0.1) is 12.8 Å². The minimum Gasteiger partial charge on any atom is -0.338 e. The van der Waals surface area contributed by atoms with Crippen molar-refractivity contribution in [3.05, 3.63) is 35.4 Å². The highest BCUT2D eigenvalue weighted by Gasteiger charge is 2.18. The van der Waals surface area contributed by atoms with Gasteiger partial charge in [-0.15, -0.1) is 11.6 Å². The molecule has 1 atom stereocenters. The van der Waals surface area contributed by atoms with Crippen molar-refractivity contribution < 1.29 is 4.79 Å². The van der Waals surface area contributed by atoms with Crippen LogP contribution in [-0.4, -0.2) is 23.2 Å². The molecule has 0 aromatic heterocycles. The van der Waals surface area contributed by atoms with Crippen LogP contribution in [0.15, 0.2) is 24.3 Å². The molecular formula is C14H20ClNO. The van der Waals surface area contributed by atoms with E-state index in [0.29, 0.717) is 19.0 Å². The SMILES string of the molecule is CCN(Cc1cccc(C)c1)C(=O)C(C)CCl. The third-order valence-electron chi connectivity index (χ3n) is 2.80. The Hall–Kier alpha value is -1.02. The summed E-state index contributed by atoms with van der Waals surface area (Å²) in [5, 5.41) is 0. The summed E-state index contributed by atoms with van der Waals surface area (Å²) in [6, 6.07) is 8.24. The van der Waals surface area contributed by atoms with Gasteiger partial charge < -0.3 is 4.90 Å². The van der Waals surface area contributed by atoms with Gasteiger partial charge in [0.15, 0.2) is 0 Å². The van der Waals surface area contributed by atoms with E-state index in [1.807, 2.05) is 30.9 Å². The summed E-state index contributed by atoms with van der Waals surface area (Å²) in [4.78, 5) is 13.9. The molecule has 1 aromatic rings. The lowest BCUT2D eigenvalue weighted by Crippen LogP contribution is -2.35. The first kappa shape index (κ1) is 14.0. The number of rotatable bonds is 5. The Bertz CT molecular complexity index is 378. The van der Waals surface area contributed by atoms with Gasteiger partial charge in [-0.3, -0.25) is 4.79 Å². The smallest absolute Gasteiger partial charge is 0.226 e. The number of hydrogen-bond acceptors (Lipinski definition) is 1. The lowest BCUT2D eigenvalue weighted by Gasteiger charge is -2.23. The van der Waals surface area contributed by atoms with Gasteiger partial charge in [0.05, 0.1) is 0 Å². The van der Waals surface area contributed by atoms with Crippen LogP contribution in [0.5, 0.6) is 0 Å². The van der Waals surface area contributed by atoms with Crippen LogP contribution < -0.4 is 0 Å². The molecule has 3 heteroatoms. The molecule has 0 N–H and O–H groups in total. The fraction of sp³-hybridized carbons (Fsp3) is 0.500. The van der Waals surface area contributed by atoms with Crippen molar-refractivity contribution in [2.45, 2.75) is 27.3 Å². The summed E-state index contributed by atoms with van der Waals surface area (Å²) in [6.45, 7) is 7.30. The number of hydrogen-bond donors (Lipinski definition) is 0. The first-order valence-electron chi connectivity index (χ1n) is 5.98. The molecule has 0 fully saturated rings. The van der Waals surface area contributed by atoms with Crippen molar-refractivity contribution in [1.29, 1.82) is 0 Å². The number of halogens is 1. The molecule has 0 spiro atoms. The maximum Gasteiger partial charge on any atom is 0.226 e. The molecule has 0 aliphatic carbocycles. The first-order chi connectivity index (χ1) is 8.08. The van der Waals surface area contributed by atoms with Crippen LogP contribution in [0.2, 0.25) is 0 Å². The second-order valence-corrected chi connectivity index (χ2v) is 4.71. The standard InChI is InChI=1S/C14H20ClNO/c1-4-16(14(17)12(3)9-15)10-13-7-5-6-11(2)8-13/h5-8,12H,4,9-10H2,1-3H3. The molecule has 94 valence electrons. The van der Waals surface area contributed by atoms with Gasteiger partial charge in [-0.05, 0) is 19.4 Å². The van der Waals surface area contributed by atoms with Crippen molar-refractivity contribution in [2.75, 3.05) is 12.4 Å². The Morgan fingerprint density at radius 2 is 2.18 bits per heavy atom. The third kappa shape index (κ3) is 4.04. The van der Waals surface area contributed by atoms with Crippen LogP contribution in [0.25, 0.3) is 0 Å². The van der Waals surface area contributed by atoms with E-state index >= 15 is 0 Å². The van der Waals surface area contributed by atoms with E-state index in [4.69, 9.17) is 11.6 Å². The lowest BCUT2D eigenvalue weighted by molar-refractivity contribution is -0.134. The van der Waals surface area contributed by atoms with Gasteiger partial charge in [-0.25, -0.2) is 0 Å². The molecule has 2 nitrogen and oxygen atoms in total. The summed E-state index contributed by atoms with van der Waals surface area (Å²) in [6.07, 6.45) is 0. The predicted octanol–water partition coefficient (Wildman–Crippen LogP) is 3.22. The average molecular weight is 254 g/mol. The van der Waals surface area contributed by atoms with E-state index in [0.717, 1.165) is 0 Å². The van der Waals surface area contributed by atoms with Crippen molar-refractivity contribution in [3.8, 4) is 0 Å². The van der Waals surface area contributed by atoms with Crippen LogP contribution >= 0.6 is 11.6 Å². The minimum atomic E-state index is -0.110. The predicted molar refractivity (Wildman–Crippen MR) is 72.2 cm³/mol. The van der Waals surface area contributed by atoms with Gasteiger partial charge in [-0.2, -0.15) is 0 Å². The second kappa shape index (κ2) is 6.65. The zero-order valence-electron chi connectivity index (χ0n) is 10.7. The molecule has 1 amide bonds. The van der Waals surface area contributed by atoms with Crippen molar-refractivity contribution in [2.24, 2.45) is 5.92 Å². The number of amides is 1. The Kier molecular flexibility index (Phi) is 5.49. The van der Waals surface area contributed by atoms with Gasteiger partial charge in [0, 0.05) is 24.9 Å². The van der Waals surface area contributed by atoms with Gasteiger partial charge in [-0.1, -0.05) is 36.8 Å². The summed E-state index contributed by atoms with van der Waals surface area (Å²) < 4.78 is 0. The molecule has 0 saturated heterocycles. The van der Waals surface area contributed by atoms with Crippen LogP contribution in [0.3, 0.4) is 0 Å². The monoisotopic (exact) mass is 253 g/mol. The van der Waals surface area contributed by atoms with Gasteiger partial charge in [0.25, 0.3) is 0 Å². The van der Waals surface area contributed by atoms with Crippen LogP contribution in [-0.2, 0) is 11.3 Å². The zero-order chi connectivity index (χ0) is 12.8. The minimum absolute atomic E-state index is 0.110. The van der Waals surface area contributed by atoms with Gasteiger partial charge in [0.2, 0.25) is 5.91 Å². The Morgan fingerprint density at radius 1 is 1.47 bits per heavy atom. The Balaban J connectivity index is 2.73. The van der Waals surface area contributed by atoms with Crippen LogP contribution in [0.4, 0.5) is 0 Å². The summed E-state index contributed by atoms with van der Waals surface area (Å²) in [7, 11) is 0. The molecular weight excluding hydrogens is 234 g/mol. The van der Waals surface area contributed by atoms with E-state index in [-0.39, 0.29) is 11.8 Å². The molecule has 17 heavy (non-hydrogen) atoms. The second-order valence-electron chi connectivity index (χ2n) is 4.40. The molecule has 0 aliphatic heterocycles. The topological polar surface area (TPSA) is 20.3 Å². The number of alkyl halides is 1. The molecule has 0 aliphatic rings. The number of aryl methyl sites for hydroxylation is 1. The lowest BCUT2D eigenvalue weighted by atomic mass is 10.1. The number of benzene rings is 1. The maximum absolute atomic E-state index is 12.0. The molecule has 0 saturated carbocycles. The molecule has 1 unspecified atom stereocenters. The number of carbonyl (C=O) groups excluding carboxylic acids is 1. The molecule has 0 bridgehead atoms. The van der Waals surface area contributed by atoms with E-state index in [1.54, 1.807) is 0 Å². The van der Waals surface area contributed by atoms with Gasteiger partial charge >= 0.3 is 0 Å². The molecule has 1 rings (SSSR count). The molecule has 0 heterocycles. The van der Waals surface area contributed by atoms with Crippen LogP contribution in [0.1, 0.15) is 25.0 Å². The zero-order valence-corrected chi connectivity index (χ0v) is 11.5. The molecule has 1 aromatic carbocycles. The summed E-state index contributed by atoms with van der Waals surface area (Å²) >= 11 is 5.73. The maximum atomic E-state index is 12.0. The first-order valence-corrected chi connectivity index (χ1v) is 6.52. The normalized spacial score (nSPS) is 12.2. The average Bonchev–Trinajstić information content (AvgIpc) is 2.34. The van der Waals surface area contributed by atoms with E-state index < -0.39 is 0 Å². The number of carbonyl (C=O) groups is 1. The van der Waals surface area contributed by atoms with Crippen molar-refractivity contribution in [3.63, 3.8) is 0 Å². The largest absolute Gasteiger partial charge is 0.338 e. The van der Waals surface area contributed by atoms with Gasteiger partial charge in [0.1, 0.15) is 0 Å². The van der Waals surface area contributed by atoms with Crippen molar-refractivity contribution >= 4 is 17.5 Å². The Labute approximate surface area is 109 Å².